The number of nitrogens with one attached hydrogen (secondary N) is 1. The second-order valence-corrected chi connectivity index (χ2v) is 4.84. The van der Waals surface area contributed by atoms with Crippen LogP contribution in [0.1, 0.15) is 16.7 Å². The number of carboxylic acids is 1. The molecule has 0 saturated heterocycles. The SMILES string of the molecule is Cc1cnn(CCNCc2ccc(CC(=O)O)cc2)c1. The Kier molecular flexibility index (Phi) is 4.90. The Hall–Kier alpha value is -2.14. The first-order valence-electron chi connectivity index (χ1n) is 6.63. The van der Waals surface area contributed by atoms with Crippen LogP contribution in [0.25, 0.3) is 0 Å². The Labute approximate surface area is 118 Å². The smallest absolute Gasteiger partial charge is 0.307 e. The van der Waals surface area contributed by atoms with E-state index < -0.39 is 5.97 Å². The summed E-state index contributed by atoms with van der Waals surface area (Å²) in [6, 6.07) is 7.65. The number of benzene rings is 1. The molecule has 0 unspecified atom stereocenters. The Balaban J connectivity index is 1.72. The number of aromatic nitrogens is 2. The van der Waals surface area contributed by atoms with E-state index in [2.05, 4.69) is 10.4 Å². The number of carbonyl (C=O) groups is 1. The molecule has 106 valence electrons. The van der Waals surface area contributed by atoms with E-state index in [1.807, 2.05) is 48.3 Å². The van der Waals surface area contributed by atoms with Crippen LogP contribution in [-0.4, -0.2) is 27.4 Å². The van der Waals surface area contributed by atoms with Gasteiger partial charge >= 0.3 is 5.97 Å². The van der Waals surface area contributed by atoms with Crippen molar-refractivity contribution in [3.8, 4) is 0 Å². The van der Waals surface area contributed by atoms with Gasteiger partial charge in [-0.3, -0.25) is 9.48 Å². The molecule has 20 heavy (non-hydrogen) atoms. The molecule has 0 atom stereocenters. The zero-order valence-electron chi connectivity index (χ0n) is 11.5. The number of hydrogen-bond donors (Lipinski definition) is 2. The van der Waals surface area contributed by atoms with Crippen molar-refractivity contribution in [2.75, 3.05) is 6.54 Å². The van der Waals surface area contributed by atoms with E-state index in [0.29, 0.717) is 0 Å². The van der Waals surface area contributed by atoms with Gasteiger partial charge in [0, 0.05) is 19.3 Å². The molecule has 0 saturated carbocycles. The first kappa shape index (κ1) is 14.3. The number of aryl methyl sites for hydroxylation is 1. The van der Waals surface area contributed by atoms with Gasteiger partial charge in [-0.15, -0.1) is 0 Å². The third-order valence-corrected chi connectivity index (χ3v) is 2.99. The Morgan fingerprint density at radius 3 is 2.60 bits per heavy atom. The first-order chi connectivity index (χ1) is 9.63. The van der Waals surface area contributed by atoms with Crippen LogP contribution in [0, 0.1) is 6.92 Å². The monoisotopic (exact) mass is 273 g/mol. The van der Waals surface area contributed by atoms with Gasteiger partial charge in [0.1, 0.15) is 0 Å². The molecule has 2 aromatic rings. The number of carboxylic acid groups (broad SMARTS) is 1. The van der Waals surface area contributed by atoms with Gasteiger partial charge in [0.05, 0.1) is 19.2 Å². The Morgan fingerprint density at radius 1 is 1.30 bits per heavy atom. The predicted octanol–water partition coefficient (Wildman–Crippen LogP) is 1.61. The molecule has 5 heteroatoms. The highest BCUT2D eigenvalue weighted by atomic mass is 16.4. The van der Waals surface area contributed by atoms with E-state index >= 15 is 0 Å². The molecule has 0 aliphatic rings. The van der Waals surface area contributed by atoms with E-state index in [1.165, 1.54) is 5.56 Å². The van der Waals surface area contributed by atoms with E-state index in [0.717, 1.165) is 30.8 Å². The molecular weight excluding hydrogens is 254 g/mol. The average molecular weight is 273 g/mol. The molecule has 2 N–H and O–H groups in total. The molecule has 0 spiro atoms. The zero-order valence-corrected chi connectivity index (χ0v) is 11.5. The second-order valence-electron chi connectivity index (χ2n) is 4.84. The highest BCUT2D eigenvalue weighted by Crippen LogP contribution is 2.05. The van der Waals surface area contributed by atoms with Crippen molar-refractivity contribution in [1.82, 2.24) is 15.1 Å². The van der Waals surface area contributed by atoms with Gasteiger partial charge in [-0.1, -0.05) is 24.3 Å². The molecule has 2 rings (SSSR count). The third kappa shape index (κ3) is 4.51. The van der Waals surface area contributed by atoms with Crippen molar-refractivity contribution < 1.29 is 9.90 Å². The summed E-state index contributed by atoms with van der Waals surface area (Å²) in [6.45, 7) is 4.48. The van der Waals surface area contributed by atoms with Gasteiger partial charge in [0.2, 0.25) is 0 Å². The molecule has 1 heterocycles. The zero-order chi connectivity index (χ0) is 14.4. The van der Waals surface area contributed by atoms with Crippen LogP contribution in [0.3, 0.4) is 0 Å². The maximum Gasteiger partial charge on any atom is 0.307 e. The number of nitrogens with zero attached hydrogens (tertiary/aromatic N) is 2. The largest absolute Gasteiger partial charge is 0.481 e. The summed E-state index contributed by atoms with van der Waals surface area (Å²) in [5, 5.41) is 16.3. The van der Waals surface area contributed by atoms with Crippen molar-refractivity contribution >= 4 is 5.97 Å². The number of aliphatic carboxylic acids is 1. The molecule has 0 radical (unpaired) electrons. The molecule has 0 bridgehead atoms. The van der Waals surface area contributed by atoms with E-state index in [1.54, 1.807) is 0 Å². The summed E-state index contributed by atoms with van der Waals surface area (Å²) in [7, 11) is 0. The molecule has 1 aromatic carbocycles. The molecule has 0 fully saturated rings. The first-order valence-corrected chi connectivity index (χ1v) is 6.63. The quantitative estimate of drug-likeness (QED) is 0.752. The van der Waals surface area contributed by atoms with E-state index in [-0.39, 0.29) is 6.42 Å². The molecule has 1 aromatic heterocycles. The van der Waals surface area contributed by atoms with Gasteiger partial charge in [0.15, 0.2) is 0 Å². The predicted molar refractivity (Wildman–Crippen MR) is 76.5 cm³/mol. The fourth-order valence-electron chi connectivity index (χ4n) is 1.97. The van der Waals surface area contributed by atoms with Gasteiger partial charge in [-0.2, -0.15) is 5.10 Å². The lowest BCUT2D eigenvalue weighted by Crippen LogP contribution is -2.19. The maximum atomic E-state index is 10.6. The summed E-state index contributed by atoms with van der Waals surface area (Å²) in [6.07, 6.45) is 3.94. The van der Waals surface area contributed by atoms with E-state index in [4.69, 9.17) is 5.11 Å². The van der Waals surface area contributed by atoms with Crippen LogP contribution >= 0.6 is 0 Å². The Bertz CT molecular complexity index is 561. The highest BCUT2D eigenvalue weighted by molar-refractivity contribution is 5.70. The second kappa shape index (κ2) is 6.86. The van der Waals surface area contributed by atoms with Crippen molar-refractivity contribution in [2.45, 2.75) is 26.4 Å². The minimum absolute atomic E-state index is 0.0758. The lowest BCUT2D eigenvalue weighted by molar-refractivity contribution is -0.136. The standard InChI is InChI=1S/C15H19N3O2/c1-12-9-17-18(11-12)7-6-16-10-14-4-2-13(3-5-14)8-15(19)20/h2-5,9,11,16H,6-8,10H2,1H3,(H,19,20). The van der Waals surface area contributed by atoms with Gasteiger partial charge in [-0.05, 0) is 23.6 Å². The lowest BCUT2D eigenvalue weighted by Gasteiger charge is -2.06. The number of hydrogen-bond acceptors (Lipinski definition) is 3. The highest BCUT2D eigenvalue weighted by Gasteiger charge is 2.00. The molecule has 5 nitrogen and oxygen atoms in total. The van der Waals surface area contributed by atoms with E-state index in [9.17, 15) is 4.79 Å². The topological polar surface area (TPSA) is 67.2 Å². The van der Waals surface area contributed by atoms with Crippen LogP contribution in [0.15, 0.2) is 36.7 Å². The van der Waals surface area contributed by atoms with Crippen LogP contribution < -0.4 is 5.32 Å². The molecular formula is C15H19N3O2. The van der Waals surface area contributed by atoms with Crippen molar-refractivity contribution in [1.29, 1.82) is 0 Å². The van der Waals surface area contributed by atoms with Gasteiger partial charge in [0.25, 0.3) is 0 Å². The third-order valence-electron chi connectivity index (χ3n) is 2.99. The minimum Gasteiger partial charge on any atom is -0.481 e. The summed E-state index contributed by atoms with van der Waals surface area (Å²) in [4.78, 5) is 10.6. The summed E-state index contributed by atoms with van der Waals surface area (Å²) < 4.78 is 1.91. The average Bonchev–Trinajstić information content (AvgIpc) is 2.82. The molecule has 0 aliphatic heterocycles. The van der Waals surface area contributed by atoms with Gasteiger partial charge < -0.3 is 10.4 Å². The van der Waals surface area contributed by atoms with Crippen molar-refractivity contribution in [2.24, 2.45) is 0 Å². The molecule has 0 aliphatic carbocycles. The van der Waals surface area contributed by atoms with Crippen molar-refractivity contribution in [3.05, 3.63) is 53.3 Å². The van der Waals surface area contributed by atoms with Crippen LogP contribution in [0.2, 0.25) is 0 Å². The van der Waals surface area contributed by atoms with Crippen LogP contribution in [0.5, 0.6) is 0 Å². The normalized spacial score (nSPS) is 10.7. The summed E-state index contributed by atoms with van der Waals surface area (Å²) in [5.74, 6) is -0.801. The lowest BCUT2D eigenvalue weighted by atomic mass is 10.1. The van der Waals surface area contributed by atoms with Gasteiger partial charge in [-0.25, -0.2) is 0 Å². The molecule has 0 amide bonds. The summed E-state index contributed by atoms with van der Waals surface area (Å²) in [5.41, 5.74) is 3.14. The summed E-state index contributed by atoms with van der Waals surface area (Å²) >= 11 is 0. The fourth-order valence-corrected chi connectivity index (χ4v) is 1.97. The van der Waals surface area contributed by atoms with Crippen molar-refractivity contribution in [3.63, 3.8) is 0 Å². The van der Waals surface area contributed by atoms with Crippen LogP contribution in [0.4, 0.5) is 0 Å². The fraction of sp³-hybridized carbons (Fsp3) is 0.333. The minimum atomic E-state index is -0.801. The van der Waals surface area contributed by atoms with Crippen LogP contribution in [-0.2, 0) is 24.3 Å². The maximum absolute atomic E-state index is 10.6. The number of rotatable bonds is 7. The Morgan fingerprint density at radius 2 is 2.00 bits per heavy atom.